The van der Waals surface area contributed by atoms with E-state index in [0.717, 1.165) is 19.3 Å². The van der Waals surface area contributed by atoms with E-state index in [1.165, 1.54) is 48.8 Å². The predicted octanol–water partition coefficient (Wildman–Crippen LogP) is 5.10. The van der Waals surface area contributed by atoms with E-state index in [9.17, 15) is 5.26 Å². The number of nitrogens with zero attached hydrogens (tertiary/aromatic N) is 1. The average Bonchev–Trinajstić information content (AvgIpc) is 2.37. The highest BCUT2D eigenvalue weighted by Crippen LogP contribution is 2.37. The Labute approximate surface area is 117 Å². The Hall–Kier alpha value is -1.29. The summed E-state index contributed by atoms with van der Waals surface area (Å²) < 4.78 is 0. The van der Waals surface area contributed by atoms with Crippen molar-refractivity contribution in [3.05, 3.63) is 34.9 Å². The Morgan fingerprint density at radius 3 is 2.32 bits per heavy atom. The van der Waals surface area contributed by atoms with Crippen molar-refractivity contribution in [1.29, 1.82) is 5.26 Å². The molecule has 0 saturated heterocycles. The topological polar surface area (TPSA) is 23.8 Å². The highest BCUT2D eigenvalue weighted by molar-refractivity contribution is 5.32. The Morgan fingerprint density at radius 2 is 1.68 bits per heavy atom. The Balaban J connectivity index is 2.21. The summed E-state index contributed by atoms with van der Waals surface area (Å²) in [4.78, 5) is 0. The minimum Gasteiger partial charge on any atom is -0.198 e. The molecule has 102 valence electrons. The SMILES string of the molecule is Cc1ccc(C)c(CC2(C#N)CCCCCCC2)c1. The summed E-state index contributed by atoms with van der Waals surface area (Å²) in [6, 6.07) is 9.31. The first-order chi connectivity index (χ1) is 9.15. The maximum Gasteiger partial charge on any atom is 0.0693 e. The number of hydrogen-bond acceptors (Lipinski definition) is 1. The fourth-order valence-corrected chi connectivity index (χ4v) is 3.27. The van der Waals surface area contributed by atoms with Crippen molar-refractivity contribution in [3.8, 4) is 6.07 Å². The van der Waals surface area contributed by atoms with E-state index >= 15 is 0 Å². The first-order valence-electron chi connectivity index (χ1n) is 7.63. The quantitative estimate of drug-likeness (QED) is 0.721. The van der Waals surface area contributed by atoms with Gasteiger partial charge in [-0.3, -0.25) is 0 Å². The van der Waals surface area contributed by atoms with Gasteiger partial charge >= 0.3 is 0 Å². The van der Waals surface area contributed by atoms with Gasteiger partial charge in [-0.1, -0.05) is 55.9 Å². The molecule has 0 radical (unpaired) electrons. The minimum absolute atomic E-state index is 0.112. The monoisotopic (exact) mass is 255 g/mol. The molecule has 0 aliphatic heterocycles. The molecule has 0 N–H and O–H groups in total. The molecule has 1 aromatic carbocycles. The zero-order valence-corrected chi connectivity index (χ0v) is 12.3. The molecule has 0 spiro atoms. The van der Waals surface area contributed by atoms with E-state index in [-0.39, 0.29) is 5.41 Å². The van der Waals surface area contributed by atoms with Crippen LogP contribution in [0.25, 0.3) is 0 Å². The van der Waals surface area contributed by atoms with Gasteiger partial charge in [-0.15, -0.1) is 0 Å². The van der Waals surface area contributed by atoms with E-state index in [1.54, 1.807) is 0 Å². The fraction of sp³-hybridized carbons (Fsp3) is 0.611. The molecule has 0 unspecified atom stereocenters. The van der Waals surface area contributed by atoms with Crippen LogP contribution in [0.2, 0.25) is 0 Å². The van der Waals surface area contributed by atoms with Crippen LogP contribution in [0.4, 0.5) is 0 Å². The second-order valence-corrected chi connectivity index (χ2v) is 6.27. The van der Waals surface area contributed by atoms with Crippen LogP contribution in [0, 0.1) is 30.6 Å². The molecule has 0 atom stereocenters. The van der Waals surface area contributed by atoms with Crippen LogP contribution in [0.1, 0.15) is 61.6 Å². The third kappa shape index (κ3) is 3.60. The third-order valence-electron chi connectivity index (χ3n) is 4.58. The van der Waals surface area contributed by atoms with Crippen molar-refractivity contribution in [2.24, 2.45) is 5.41 Å². The van der Waals surface area contributed by atoms with Crippen LogP contribution in [-0.2, 0) is 6.42 Å². The van der Waals surface area contributed by atoms with Crippen LogP contribution < -0.4 is 0 Å². The molecule has 0 aromatic heterocycles. The Bertz CT molecular complexity index is 459. The number of nitriles is 1. The minimum atomic E-state index is -0.112. The summed E-state index contributed by atoms with van der Waals surface area (Å²) in [6.07, 6.45) is 9.50. The maximum absolute atomic E-state index is 9.73. The van der Waals surface area contributed by atoms with E-state index in [1.807, 2.05) is 0 Å². The van der Waals surface area contributed by atoms with Crippen LogP contribution in [0.15, 0.2) is 18.2 Å². The van der Waals surface area contributed by atoms with Gasteiger partial charge in [-0.05, 0) is 44.2 Å². The Kier molecular flexibility index (Phi) is 4.64. The second kappa shape index (κ2) is 6.24. The van der Waals surface area contributed by atoms with Crippen molar-refractivity contribution < 1.29 is 0 Å². The molecule has 1 aromatic rings. The predicted molar refractivity (Wildman–Crippen MR) is 80.0 cm³/mol. The van der Waals surface area contributed by atoms with Gasteiger partial charge in [-0.2, -0.15) is 5.26 Å². The number of rotatable bonds is 2. The van der Waals surface area contributed by atoms with Gasteiger partial charge in [0.2, 0.25) is 0 Å². The van der Waals surface area contributed by atoms with E-state index in [2.05, 4.69) is 38.1 Å². The van der Waals surface area contributed by atoms with Crippen LogP contribution in [0.3, 0.4) is 0 Å². The largest absolute Gasteiger partial charge is 0.198 e. The summed E-state index contributed by atoms with van der Waals surface area (Å²) in [5, 5.41) is 9.73. The fourth-order valence-electron chi connectivity index (χ4n) is 3.27. The summed E-state index contributed by atoms with van der Waals surface area (Å²) in [5.41, 5.74) is 3.91. The summed E-state index contributed by atoms with van der Waals surface area (Å²) in [5.74, 6) is 0. The Morgan fingerprint density at radius 1 is 1.05 bits per heavy atom. The second-order valence-electron chi connectivity index (χ2n) is 6.27. The zero-order chi connectivity index (χ0) is 13.7. The molecule has 0 bridgehead atoms. The molecule has 19 heavy (non-hydrogen) atoms. The molecule has 1 fully saturated rings. The lowest BCUT2D eigenvalue weighted by Crippen LogP contribution is -2.23. The number of aryl methyl sites for hydroxylation is 2. The molecular formula is C18H25N. The van der Waals surface area contributed by atoms with Crippen molar-refractivity contribution in [2.75, 3.05) is 0 Å². The van der Waals surface area contributed by atoms with Gasteiger partial charge in [0.25, 0.3) is 0 Å². The maximum atomic E-state index is 9.73. The molecule has 1 aliphatic carbocycles. The highest BCUT2D eigenvalue weighted by atomic mass is 14.4. The van der Waals surface area contributed by atoms with Crippen molar-refractivity contribution in [1.82, 2.24) is 0 Å². The molecule has 0 heterocycles. The van der Waals surface area contributed by atoms with Gasteiger partial charge < -0.3 is 0 Å². The van der Waals surface area contributed by atoms with Gasteiger partial charge in [0.15, 0.2) is 0 Å². The van der Waals surface area contributed by atoms with Crippen molar-refractivity contribution in [3.63, 3.8) is 0 Å². The lowest BCUT2D eigenvalue weighted by atomic mass is 9.73. The van der Waals surface area contributed by atoms with Crippen LogP contribution in [0.5, 0.6) is 0 Å². The zero-order valence-electron chi connectivity index (χ0n) is 12.3. The molecule has 1 heteroatoms. The summed E-state index contributed by atoms with van der Waals surface area (Å²) >= 11 is 0. The van der Waals surface area contributed by atoms with E-state index in [0.29, 0.717) is 0 Å². The standard InChI is InChI=1S/C18H25N/c1-15-8-9-16(2)17(12-15)13-18(14-19)10-6-4-3-5-7-11-18/h8-9,12H,3-7,10-11,13H2,1-2H3. The van der Waals surface area contributed by atoms with Gasteiger partial charge in [0, 0.05) is 0 Å². The molecule has 0 amide bonds. The van der Waals surface area contributed by atoms with E-state index in [4.69, 9.17) is 0 Å². The highest BCUT2D eigenvalue weighted by Gasteiger charge is 2.30. The smallest absolute Gasteiger partial charge is 0.0693 e. The molecule has 2 rings (SSSR count). The first kappa shape index (κ1) is 14.1. The lowest BCUT2D eigenvalue weighted by Gasteiger charge is -2.29. The van der Waals surface area contributed by atoms with Crippen LogP contribution >= 0.6 is 0 Å². The number of benzene rings is 1. The number of hydrogen-bond donors (Lipinski definition) is 0. The average molecular weight is 255 g/mol. The van der Waals surface area contributed by atoms with Crippen molar-refractivity contribution >= 4 is 0 Å². The third-order valence-corrected chi connectivity index (χ3v) is 4.58. The summed E-state index contributed by atoms with van der Waals surface area (Å²) in [6.45, 7) is 4.31. The first-order valence-corrected chi connectivity index (χ1v) is 7.63. The molecule has 1 nitrogen and oxygen atoms in total. The van der Waals surface area contributed by atoms with Gasteiger partial charge in [0.1, 0.15) is 0 Å². The van der Waals surface area contributed by atoms with Crippen LogP contribution in [-0.4, -0.2) is 0 Å². The van der Waals surface area contributed by atoms with Gasteiger partial charge in [-0.25, -0.2) is 0 Å². The van der Waals surface area contributed by atoms with Crippen molar-refractivity contribution in [2.45, 2.75) is 65.2 Å². The molecular weight excluding hydrogens is 230 g/mol. The normalized spacial score (nSPS) is 19.2. The molecule has 1 saturated carbocycles. The summed E-state index contributed by atoms with van der Waals surface area (Å²) in [7, 11) is 0. The lowest BCUT2D eigenvalue weighted by molar-refractivity contribution is 0.287. The van der Waals surface area contributed by atoms with E-state index < -0.39 is 0 Å². The van der Waals surface area contributed by atoms with Gasteiger partial charge in [0.05, 0.1) is 11.5 Å². The molecule has 1 aliphatic rings.